The highest BCUT2D eigenvalue weighted by atomic mass is 16.3. The summed E-state index contributed by atoms with van der Waals surface area (Å²) in [4.78, 5) is 28.1. The predicted octanol–water partition coefficient (Wildman–Crippen LogP) is 0.915. The number of nitrogens with zero attached hydrogens (tertiary/aromatic N) is 2. The van der Waals surface area contributed by atoms with Crippen molar-refractivity contribution in [3.05, 3.63) is 42.5 Å². The maximum Gasteiger partial charge on any atom is 0.313 e. The molecule has 3 rings (SSSR count). The molecule has 24 heavy (non-hydrogen) atoms. The predicted molar refractivity (Wildman–Crippen MR) is 92.7 cm³/mol. The standard InChI is InChI=1S/C18H21N3O3/c22-12-11-20-7-9-21(10-8-20)18(24)17(23)19-16-6-5-14-3-1-2-4-15(14)13-16/h1-6,13,22H,7-12H2,(H,19,23). The Kier molecular flexibility index (Phi) is 5.08. The molecule has 1 heterocycles. The fraction of sp³-hybridized carbons (Fsp3) is 0.333. The largest absolute Gasteiger partial charge is 0.395 e. The average Bonchev–Trinajstić information content (AvgIpc) is 2.62. The van der Waals surface area contributed by atoms with Crippen molar-refractivity contribution in [2.75, 3.05) is 44.6 Å². The molecule has 0 aromatic heterocycles. The van der Waals surface area contributed by atoms with E-state index in [0.717, 1.165) is 10.8 Å². The van der Waals surface area contributed by atoms with Crippen molar-refractivity contribution in [3.63, 3.8) is 0 Å². The van der Waals surface area contributed by atoms with E-state index in [9.17, 15) is 9.59 Å². The summed E-state index contributed by atoms with van der Waals surface area (Å²) in [7, 11) is 0. The first-order valence-electron chi connectivity index (χ1n) is 8.09. The molecule has 6 nitrogen and oxygen atoms in total. The van der Waals surface area contributed by atoms with E-state index < -0.39 is 11.8 Å². The Labute approximate surface area is 140 Å². The minimum absolute atomic E-state index is 0.108. The third-order valence-electron chi connectivity index (χ3n) is 4.28. The molecule has 0 saturated carbocycles. The van der Waals surface area contributed by atoms with Gasteiger partial charge in [-0.25, -0.2) is 0 Å². The van der Waals surface area contributed by atoms with Crippen molar-refractivity contribution in [2.45, 2.75) is 0 Å². The first kappa shape index (κ1) is 16.4. The van der Waals surface area contributed by atoms with Gasteiger partial charge in [-0.15, -0.1) is 0 Å². The van der Waals surface area contributed by atoms with E-state index in [0.29, 0.717) is 38.4 Å². The molecule has 0 atom stereocenters. The summed E-state index contributed by atoms with van der Waals surface area (Å²) < 4.78 is 0. The van der Waals surface area contributed by atoms with E-state index in [1.165, 1.54) is 0 Å². The van der Waals surface area contributed by atoms with Crippen LogP contribution in [0.3, 0.4) is 0 Å². The maximum absolute atomic E-state index is 12.3. The first-order valence-corrected chi connectivity index (χ1v) is 8.09. The Hall–Kier alpha value is -2.44. The van der Waals surface area contributed by atoms with Crippen LogP contribution >= 0.6 is 0 Å². The van der Waals surface area contributed by atoms with Crippen molar-refractivity contribution in [2.24, 2.45) is 0 Å². The molecule has 2 aromatic carbocycles. The molecular formula is C18H21N3O3. The van der Waals surface area contributed by atoms with E-state index in [1.807, 2.05) is 36.4 Å². The number of nitrogens with one attached hydrogen (secondary N) is 1. The highest BCUT2D eigenvalue weighted by Crippen LogP contribution is 2.19. The van der Waals surface area contributed by atoms with Gasteiger partial charge in [-0.3, -0.25) is 14.5 Å². The Morgan fingerprint density at radius 2 is 1.71 bits per heavy atom. The molecule has 1 fully saturated rings. The molecule has 1 aliphatic rings. The van der Waals surface area contributed by atoms with Gasteiger partial charge < -0.3 is 15.3 Å². The number of hydrogen-bond acceptors (Lipinski definition) is 4. The molecule has 1 saturated heterocycles. The minimum atomic E-state index is -0.610. The molecule has 0 radical (unpaired) electrons. The van der Waals surface area contributed by atoms with Crippen LogP contribution in [-0.2, 0) is 9.59 Å². The van der Waals surface area contributed by atoms with Crippen LogP contribution in [0.15, 0.2) is 42.5 Å². The molecule has 2 aromatic rings. The van der Waals surface area contributed by atoms with Gasteiger partial charge in [0, 0.05) is 38.4 Å². The van der Waals surface area contributed by atoms with Crippen LogP contribution in [0.5, 0.6) is 0 Å². The second-order valence-corrected chi connectivity index (χ2v) is 5.87. The second-order valence-electron chi connectivity index (χ2n) is 5.87. The first-order chi connectivity index (χ1) is 11.7. The third kappa shape index (κ3) is 3.72. The number of aliphatic hydroxyl groups excluding tert-OH is 1. The SMILES string of the molecule is O=C(Nc1ccc2ccccc2c1)C(=O)N1CCN(CCO)CC1. The normalized spacial score (nSPS) is 15.5. The van der Waals surface area contributed by atoms with Crippen molar-refractivity contribution in [1.29, 1.82) is 0 Å². The number of β-amino-alcohol motifs (C(OH)–C–C–N with tert-alkyl or cyclic N) is 1. The summed E-state index contributed by atoms with van der Waals surface area (Å²) >= 11 is 0. The summed E-state index contributed by atoms with van der Waals surface area (Å²) in [6.07, 6.45) is 0. The van der Waals surface area contributed by atoms with Crippen LogP contribution in [0.25, 0.3) is 10.8 Å². The summed E-state index contributed by atoms with van der Waals surface area (Å²) in [5.41, 5.74) is 0.617. The van der Waals surface area contributed by atoms with Crippen LogP contribution in [-0.4, -0.2) is 66.1 Å². The van der Waals surface area contributed by atoms with Crippen LogP contribution < -0.4 is 5.32 Å². The monoisotopic (exact) mass is 327 g/mol. The zero-order valence-corrected chi connectivity index (χ0v) is 13.4. The van der Waals surface area contributed by atoms with Gasteiger partial charge >= 0.3 is 11.8 Å². The van der Waals surface area contributed by atoms with Crippen LogP contribution in [0, 0.1) is 0 Å². The zero-order chi connectivity index (χ0) is 16.9. The summed E-state index contributed by atoms with van der Waals surface area (Å²) in [5.74, 6) is -1.12. The Morgan fingerprint density at radius 3 is 2.42 bits per heavy atom. The number of amides is 2. The molecular weight excluding hydrogens is 306 g/mol. The van der Waals surface area contributed by atoms with Gasteiger partial charge in [-0.05, 0) is 22.9 Å². The fourth-order valence-electron chi connectivity index (χ4n) is 2.91. The van der Waals surface area contributed by atoms with Crippen molar-refractivity contribution < 1.29 is 14.7 Å². The lowest BCUT2D eigenvalue weighted by atomic mass is 10.1. The molecule has 0 spiro atoms. The molecule has 1 aliphatic heterocycles. The molecule has 0 unspecified atom stereocenters. The number of anilines is 1. The summed E-state index contributed by atoms with van der Waals surface area (Å²) in [5, 5.41) is 13.7. The van der Waals surface area contributed by atoms with E-state index in [-0.39, 0.29) is 6.61 Å². The topological polar surface area (TPSA) is 72.9 Å². The van der Waals surface area contributed by atoms with Gasteiger partial charge in [0.25, 0.3) is 0 Å². The highest BCUT2D eigenvalue weighted by Gasteiger charge is 2.25. The van der Waals surface area contributed by atoms with E-state index in [1.54, 1.807) is 11.0 Å². The van der Waals surface area contributed by atoms with Gasteiger partial charge in [0.2, 0.25) is 0 Å². The smallest absolute Gasteiger partial charge is 0.313 e. The average molecular weight is 327 g/mol. The van der Waals surface area contributed by atoms with Gasteiger partial charge in [-0.1, -0.05) is 30.3 Å². The van der Waals surface area contributed by atoms with Gasteiger partial charge in [0.1, 0.15) is 0 Å². The summed E-state index contributed by atoms with van der Waals surface area (Å²) in [6.45, 7) is 3.07. The van der Waals surface area contributed by atoms with E-state index >= 15 is 0 Å². The van der Waals surface area contributed by atoms with Crippen LogP contribution in [0.2, 0.25) is 0 Å². The van der Waals surface area contributed by atoms with Gasteiger partial charge in [0.15, 0.2) is 0 Å². The Bertz CT molecular complexity index is 739. The zero-order valence-electron chi connectivity index (χ0n) is 13.4. The summed E-state index contributed by atoms with van der Waals surface area (Å²) in [6, 6.07) is 13.4. The number of carbonyl (C=O) groups excluding carboxylic acids is 2. The lowest BCUT2D eigenvalue weighted by molar-refractivity contribution is -0.144. The van der Waals surface area contributed by atoms with Crippen molar-refractivity contribution in [1.82, 2.24) is 9.80 Å². The van der Waals surface area contributed by atoms with Crippen molar-refractivity contribution in [3.8, 4) is 0 Å². The lowest BCUT2D eigenvalue weighted by Crippen LogP contribution is -2.52. The minimum Gasteiger partial charge on any atom is -0.395 e. The van der Waals surface area contributed by atoms with E-state index in [2.05, 4.69) is 10.2 Å². The number of fused-ring (bicyclic) bond motifs is 1. The van der Waals surface area contributed by atoms with Gasteiger partial charge in [0.05, 0.1) is 6.61 Å². The number of rotatable bonds is 3. The molecule has 126 valence electrons. The molecule has 2 amide bonds. The number of benzene rings is 2. The number of piperazine rings is 1. The van der Waals surface area contributed by atoms with Gasteiger partial charge in [-0.2, -0.15) is 0 Å². The van der Waals surface area contributed by atoms with E-state index in [4.69, 9.17) is 5.11 Å². The third-order valence-corrected chi connectivity index (χ3v) is 4.28. The van der Waals surface area contributed by atoms with Crippen LogP contribution in [0.4, 0.5) is 5.69 Å². The number of hydrogen-bond donors (Lipinski definition) is 2. The maximum atomic E-state index is 12.3. The molecule has 0 bridgehead atoms. The Balaban J connectivity index is 1.60. The number of aliphatic hydroxyl groups is 1. The quantitative estimate of drug-likeness (QED) is 0.822. The van der Waals surface area contributed by atoms with Crippen molar-refractivity contribution >= 4 is 28.3 Å². The molecule has 6 heteroatoms. The highest BCUT2D eigenvalue weighted by molar-refractivity contribution is 6.39. The molecule has 0 aliphatic carbocycles. The molecule has 2 N–H and O–H groups in total. The number of carbonyl (C=O) groups is 2. The second kappa shape index (κ2) is 7.42. The Morgan fingerprint density at radius 1 is 1.00 bits per heavy atom. The lowest BCUT2D eigenvalue weighted by Gasteiger charge is -2.33. The fourth-order valence-corrected chi connectivity index (χ4v) is 2.91. The van der Waals surface area contributed by atoms with Crippen LogP contribution in [0.1, 0.15) is 0 Å².